The quantitative estimate of drug-likeness (QED) is 0.299. The average molecular weight is 492 g/mol. The number of nitrogens with one attached hydrogen (secondary N) is 2. The van der Waals surface area contributed by atoms with Crippen LogP contribution in [0.25, 0.3) is 0 Å². The lowest BCUT2D eigenvalue weighted by Gasteiger charge is -2.31. The van der Waals surface area contributed by atoms with Crippen molar-refractivity contribution in [1.82, 2.24) is 25.3 Å². The molecule has 1 rings (SSSR count). The van der Waals surface area contributed by atoms with Gasteiger partial charge in [-0.1, -0.05) is 27.7 Å². The van der Waals surface area contributed by atoms with E-state index in [1.54, 1.807) is 0 Å². The highest BCUT2D eigenvalue weighted by Gasteiger charge is 2.17. The van der Waals surface area contributed by atoms with Gasteiger partial charge in [0.2, 0.25) is 0 Å². The van der Waals surface area contributed by atoms with Gasteiger partial charge in [0, 0.05) is 37.4 Å². The van der Waals surface area contributed by atoms with Crippen molar-refractivity contribution in [2.45, 2.75) is 67.5 Å². The van der Waals surface area contributed by atoms with Gasteiger partial charge in [-0.05, 0) is 46.2 Å². The van der Waals surface area contributed by atoms with E-state index >= 15 is 0 Å². The Bertz CT molecular complexity index is 563. The van der Waals surface area contributed by atoms with Crippen LogP contribution < -0.4 is 10.6 Å². The predicted molar refractivity (Wildman–Crippen MR) is 127 cm³/mol. The molecule has 0 aliphatic carbocycles. The van der Waals surface area contributed by atoms with Gasteiger partial charge in [-0.3, -0.25) is 9.58 Å². The Morgan fingerprint density at radius 1 is 1.15 bits per heavy atom. The molecule has 0 spiro atoms. The first kappa shape index (κ1) is 26.2. The van der Waals surface area contributed by atoms with E-state index in [2.05, 4.69) is 69.1 Å². The summed E-state index contributed by atoms with van der Waals surface area (Å²) in [6.07, 6.45) is 1.19. The molecule has 1 heterocycles. The lowest BCUT2D eigenvalue weighted by atomic mass is 10.0. The van der Waals surface area contributed by atoms with Crippen LogP contribution in [-0.4, -0.2) is 52.9 Å². The van der Waals surface area contributed by atoms with Crippen molar-refractivity contribution in [3.8, 4) is 0 Å². The predicted octanol–water partition coefficient (Wildman–Crippen LogP) is 3.47. The van der Waals surface area contributed by atoms with Crippen LogP contribution in [0.3, 0.4) is 0 Å². The van der Waals surface area contributed by atoms with E-state index in [0.717, 1.165) is 37.8 Å². The number of hydrogen-bond donors (Lipinski definition) is 2. The van der Waals surface area contributed by atoms with Crippen LogP contribution >= 0.6 is 24.0 Å². The maximum atomic E-state index is 4.80. The largest absolute Gasteiger partial charge is 0.357 e. The van der Waals surface area contributed by atoms with E-state index in [0.29, 0.717) is 18.5 Å². The molecule has 0 bridgehead atoms. The number of aromatic nitrogens is 2. The third-order valence-corrected chi connectivity index (χ3v) is 4.98. The normalized spacial score (nSPS) is 13.0. The lowest BCUT2D eigenvalue weighted by molar-refractivity contribution is 0.191. The van der Waals surface area contributed by atoms with Crippen molar-refractivity contribution in [2.75, 3.05) is 26.2 Å². The van der Waals surface area contributed by atoms with E-state index < -0.39 is 0 Å². The topological polar surface area (TPSA) is 57.5 Å². The molecule has 27 heavy (non-hydrogen) atoms. The fraction of sp³-hybridized carbons (Fsp3) is 0.800. The second-order valence-electron chi connectivity index (χ2n) is 7.35. The van der Waals surface area contributed by atoms with E-state index in [9.17, 15) is 0 Å². The van der Waals surface area contributed by atoms with Gasteiger partial charge in [0.25, 0.3) is 0 Å². The smallest absolute Gasteiger partial charge is 0.191 e. The molecule has 0 aliphatic rings. The molecule has 1 unspecified atom stereocenters. The summed E-state index contributed by atoms with van der Waals surface area (Å²) in [4.78, 5) is 7.34. The van der Waals surface area contributed by atoms with Gasteiger partial charge < -0.3 is 10.6 Å². The van der Waals surface area contributed by atoms with Crippen LogP contribution in [0.4, 0.5) is 0 Å². The molecule has 0 saturated carbocycles. The Morgan fingerprint density at radius 3 is 2.22 bits per heavy atom. The zero-order valence-electron chi connectivity index (χ0n) is 18.6. The van der Waals surface area contributed by atoms with Crippen LogP contribution in [0.15, 0.2) is 4.99 Å². The molecule has 1 aromatic rings. The molecule has 7 heteroatoms. The Morgan fingerprint density at radius 2 is 1.78 bits per heavy atom. The molecule has 0 saturated heterocycles. The Balaban J connectivity index is 0.00000676. The van der Waals surface area contributed by atoms with Crippen LogP contribution in [0.2, 0.25) is 0 Å². The van der Waals surface area contributed by atoms with Crippen molar-refractivity contribution < 1.29 is 0 Å². The van der Waals surface area contributed by atoms with Crippen LogP contribution in [-0.2, 0) is 13.6 Å². The SMILES string of the molecule is CCNC(=NCc1c(C)nn(C)c1C)NCC(CC(C)C)N(CC)CC.I. The second-order valence-corrected chi connectivity index (χ2v) is 7.35. The van der Waals surface area contributed by atoms with E-state index in [1.807, 2.05) is 11.7 Å². The van der Waals surface area contributed by atoms with Gasteiger partial charge in [-0.25, -0.2) is 4.99 Å². The summed E-state index contributed by atoms with van der Waals surface area (Å²) in [5, 5.41) is 11.4. The fourth-order valence-electron chi connectivity index (χ4n) is 3.41. The minimum atomic E-state index is 0. The summed E-state index contributed by atoms with van der Waals surface area (Å²) in [6.45, 7) is 19.9. The summed E-state index contributed by atoms with van der Waals surface area (Å²) >= 11 is 0. The number of hydrogen-bond acceptors (Lipinski definition) is 3. The summed E-state index contributed by atoms with van der Waals surface area (Å²) < 4.78 is 1.93. The van der Waals surface area contributed by atoms with Crippen LogP contribution in [0.5, 0.6) is 0 Å². The van der Waals surface area contributed by atoms with E-state index in [-0.39, 0.29) is 24.0 Å². The number of halogens is 1. The van der Waals surface area contributed by atoms with E-state index in [4.69, 9.17) is 4.99 Å². The van der Waals surface area contributed by atoms with Crippen molar-refractivity contribution in [2.24, 2.45) is 18.0 Å². The highest BCUT2D eigenvalue weighted by atomic mass is 127. The summed E-state index contributed by atoms with van der Waals surface area (Å²) in [6, 6.07) is 0.524. The minimum Gasteiger partial charge on any atom is -0.357 e. The molecule has 2 N–H and O–H groups in total. The zero-order chi connectivity index (χ0) is 19.7. The molecular weight excluding hydrogens is 451 g/mol. The first-order chi connectivity index (χ1) is 12.3. The molecule has 158 valence electrons. The summed E-state index contributed by atoms with van der Waals surface area (Å²) in [5.74, 6) is 1.57. The molecule has 0 fully saturated rings. The molecule has 0 amide bonds. The molecule has 1 atom stereocenters. The first-order valence-corrected chi connectivity index (χ1v) is 10.1. The standard InChI is InChI=1S/C20H40N6.HI/c1-9-21-20(23-14-19-16(6)24-25(8)17(19)7)22-13-18(12-15(4)5)26(10-2)11-3;/h15,18H,9-14H2,1-8H3,(H2,21,22,23);1H. The van der Waals surface area contributed by atoms with Gasteiger partial charge in [0.05, 0.1) is 12.2 Å². The highest BCUT2D eigenvalue weighted by Crippen LogP contribution is 2.13. The number of guanidine groups is 1. The number of nitrogens with zero attached hydrogens (tertiary/aromatic N) is 4. The average Bonchev–Trinajstić information content (AvgIpc) is 2.83. The number of rotatable bonds is 10. The summed E-state index contributed by atoms with van der Waals surface area (Å²) in [7, 11) is 1.99. The molecule has 6 nitrogen and oxygen atoms in total. The highest BCUT2D eigenvalue weighted by molar-refractivity contribution is 14.0. The van der Waals surface area contributed by atoms with Gasteiger partial charge in [-0.15, -0.1) is 24.0 Å². The van der Waals surface area contributed by atoms with Gasteiger partial charge in [0.15, 0.2) is 5.96 Å². The maximum Gasteiger partial charge on any atom is 0.191 e. The van der Waals surface area contributed by atoms with Crippen molar-refractivity contribution in [1.29, 1.82) is 0 Å². The van der Waals surface area contributed by atoms with Crippen molar-refractivity contribution >= 4 is 29.9 Å². The second kappa shape index (κ2) is 13.4. The van der Waals surface area contributed by atoms with Gasteiger partial charge >= 0.3 is 0 Å². The molecule has 0 aromatic carbocycles. The minimum absolute atomic E-state index is 0. The molecule has 0 radical (unpaired) electrons. The third kappa shape index (κ3) is 8.37. The maximum absolute atomic E-state index is 4.80. The number of likely N-dealkylation sites (N-methyl/N-ethyl adjacent to an activating group) is 1. The number of aryl methyl sites for hydroxylation is 2. The first-order valence-electron chi connectivity index (χ1n) is 10.1. The van der Waals surface area contributed by atoms with Crippen molar-refractivity contribution in [3.05, 3.63) is 17.0 Å². The Kier molecular flexibility index (Phi) is 13.0. The number of aliphatic imine (C=N–C) groups is 1. The fourth-order valence-corrected chi connectivity index (χ4v) is 3.41. The van der Waals surface area contributed by atoms with E-state index in [1.165, 1.54) is 17.7 Å². The Labute approximate surface area is 183 Å². The lowest BCUT2D eigenvalue weighted by Crippen LogP contribution is -2.47. The van der Waals surface area contributed by atoms with Crippen molar-refractivity contribution in [3.63, 3.8) is 0 Å². The molecule has 1 aromatic heterocycles. The van der Waals surface area contributed by atoms with Gasteiger partial charge in [0.1, 0.15) is 0 Å². The molecular formula is C20H41IN6. The van der Waals surface area contributed by atoms with Crippen LogP contribution in [0, 0.1) is 19.8 Å². The summed E-state index contributed by atoms with van der Waals surface area (Å²) in [5.41, 5.74) is 3.46. The Hall–Kier alpha value is -0.830. The third-order valence-electron chi connectivity index (χ3n) is 4.98. The van der Waals surface area contributed by atoms with Gasteiger partial charge in [-0.2, -0.15) is 5.10 Å². The monoisotopic (exact) mass is 492 g/mol. The molecule has 0 aliphatic heterocycles. The van der Waals surface area contributed by atoms with Crippen LogP contribution in [0.1, 0.15) is 58.0 Å². The zero-order valence-corrected chi connectivity index (χ0v) is 20.9.